The molecule has 1 aromatic carbocycles. The van der Waals surface area contributed by atoms with Crippen molar-refractivity contribution in [3.63, 3.8) is 0 Å². The van der Waals surface area contributed by atoms with E-state index in [1.54, 1.807) is 20.8 Å². The Labute approximate surface area is 137 Å². The summed E-state index contributed by atoms with van der Waals surface area (Å²) in [7, 11) is -3.39. The number of nitrogens with two attached hydrogens (primary N) is 1. The molecule has 0 heterocycles. The molecule has 3 unspecified atom stereocenters. The summed E-state index contributed by atoms with van der Waals surface area (Å²) in [6, 6.07) is 9.21. The highest BCUT2D eigenvalue weighted by Gasteiger charge is 2.70. The predicted molar refractivity (Wildman–Crippen MR) is 89.0 cm³/mol. The van der Waals surface area contributed by atoms with E-state index in [4.69, 9.17) is 10.5 Å². The van der Waals surface area contributed by atoms with Crippen LogP contribution in [0.15, 0.2) is 30.3 Å². The average Bonchev–Trinajstić information content (AvgIpc) is 3.06. The molecule has 7 heteroatoms. The van der Waals surface area contributed by atoms with Gasteiger partial charge < -0.3 is 15.8 Å². The molecule has 3 N–H and O–H groups in total. The first-order valence-electron chi connectivity index (χ1n) is 7.46. The highest BCUT2D eigenvalue weighted by molar-refractivity contribution is 7.91. The van der Waals surface area contributed by atoms with Crippen LogP contribution in [0.4, 0.5) is 4.79 Å². The van der Waals surface area contributed by atoms with Gasteiger partial charge in [0, 0.05) is 18.7 Å². The van der Waals surface area contributed by atoms with Crippen LogP contribution < -0.4 is 11.1 Å². The number of carbonyl (C=O) groups is 1. The molecule has 1 aliphatic carbocycles. The van der Waals surface area contributed by atoms with Gasteiger partial charge in [0.25, 0.3) is 0 Å². The number of sulfone groups is 1. The van der Waals surface area contributed by atoms with Crippen LogP contribution in [0.5, 0.6) is 0 Å². The van der Waals surface area contributed by atoms with Crippen LogP contribution in [-0.2, 0) is 14.6 Å². The minimum absolute atomic E-state index is 0.0174. The lowest BCUT2D eigenvalue weighted by Gasteiger charge is -2.24. The SMILES string of the molecule is CC(C)(C)OC(=O)NC1(CN)C(c2ccccc2)C1S(C)(=O)=O. The maximum absolute atomic E-state index is 12.2. The van der Waals surface area contributed by atoms with Crippen molar-refractivity contribution in [1.82, 2.24) is 5.32 Å². The van der Waals surface area contributed by atoms with Crippen LogP contribution >= 0.6 is 0 Å². The van der Waals surface area contributed by atoms with Gasteiger partial charge in [-0.15, -0.1) is 0 Å². The Balaban J connectivity index is 2.33. The molecule has 0 spiro atoms. The Bertz CT molecular complexity index is 682. The molecule has 3 atom stereocenters. The van der Waals surface area contributed by atoms with Crippen molar-refractivity contribution < 1.29 is 17.9 Å². The predicted octanol–water partition coefficient (Wildman–Crippen LogP) is 1.42. The summed E-state index contributed by atoms with van der Waals surface area (Å²) >= 11 is 0. The maximum Gasteiger partial charge on any atom is 0.408 e. The number of hydrogen-bond acceptors (Lipinski definition) is 5. The summed E-state index contributed by atoms with van der Waals surface area (Å²) < 4.78 is 29.6. The van der Waals surface area contributed by atoms with E-state index in [0.29, 0.717) is 0 Å². The summed E-state index contributed by atoms with van der Waals surface area (Å²) in [5, 5.41) is 1.96. The third-order valence-corrected chi connectivity index (χ3v) is 5.56. The minimum atomic E-state index is -3.39. The standard InChI is InChI=1S/C16H24N2O4S/c1-15(2,3)22-14(19)18-16(10-17)12(13(16)23(4,20)21)11-8-6-5-7-9-11/h5-9,12-13H,10,17H2,1-4H3,(H,18,19). The number of ether oxygens (including phenoxy) is 1. The van der Waals surface area contributed by atoms with Crippen molar-refractivity contribution in [3.05, 3.63) is 35.9 Å². The average molecular weight is 340 g/mol. The molecule has 0 saturated heterocycles. The number of amides is 1. The van der Waals surface area contributed by atoms with E-state index in [0.717, 1.165) is 5.56 Å². The van der Waals surface area contributed by atoms with E-state index in [2.05, 4.69) is 5.32 Å². The van der Waals surface area contributed by atoms with Gasteiger partial charge in [-0.05, 0) is 26.3 Å². The minimum Gasteiger partial charge on any atom is -0.444 e. The number of nitrogens with one attached hydrogen (secondary N) is 1. The molecule has 1 amide bonds. The van der Waals surface area contributed by atoms with Crippen LogP contribution in [0.1, 0.15) is 32.3 Å². The van der Waals surface area contributed by atoms with Crippen LogP contribution in [0, 0.1) is 0 Å². The number of benzene rings is 1. The summed E-state index contributed by atoms with van der Waals surface area (Å²) in [6.45, 7) is 5.26. The van der Waals surface area contributed by atoms with Crippen molar-refractivity contribution >= 4 is 15.9 Å². The topological polar surface area (TPSA) is 98.5 Å². The van der Waals surface area contributed by atoms with Gasteiger partial charge in [0.05, 0.1) is 10.8 Å². The summed E-state index contributed by atoms with van der Waals surface area (Å²) in [5.41, 5.74) is 5.00. The first kappa shape index (κ1) is 17.7. The number of rotatable bonds is 4. The molecule has 6 nitrogen and oxygen atoms in total. The quantitative estimate of drug-likeness (QED) is 0.864. The first-order valence-corrected chi connectivity index (χ1v) is 9.42. The Kier molecular flexibility index (Phi) is 4.47. The summed E-state index contributed by atoms with van der Waals surface area (Å²) in [4.78, 5) is 12.1. The first-order chi connectivity index (χ1) is 10.5. The van der Waals surface area contributed by atoms with Gasteiger partial charge in [0.15, 0.2) is 9.84 Å². The van der Waals surface area contributed by atoms with Crippen molar-refractivity contribution in [2.45, 2.75) is 43.1 Å². The van der Waals surface area contributed by atoms with E-state index in [1.807, 2.05) is 30.3 Å². The number of hydrogen-bond donors (Lipinski definition) is 2. The van der Waals surface area contributed by atoms with Crippen LogP contribution in [0.3, 0.4) is 0 Å². The third-order valence-electron chi connectivity index (χ3n) is 3.95. The highest BCUT2D eigenvalue weighted by atomic mass is 32.2. The molecule has 1 saturated carbocycles. The van der Waals surface area contributed by atoms with Gasteiger partial charge in [0.1, 0.15) is 5.60 Å². The second-order valence-corrected chi connectivity index (χ2v) is 9.18. The zero-order valence-electron chi connectivity index (χ0n) is 13.9. The van der Waals surface area contributed by atoms with Gasteiger partial charge in [-0.25, -0.2) is 13.2 Å². The summed E-state index contributed by atoms with van der Waals surface area (Å²) in [6.07, 6.45) is 0.511. The van der Waals surface area contributed by atoms with Crippen LogP contribution in [0.2, 0.25) is 0 Å². The Morgan fingerprint density at radius 2 is 1.87 bits per heavy atom. The molecule has 1 fully saturated rings. The monoisotopic (exact) mass is 340 g/mol. The van der Waals surface area contributed by atoms with Gasteiger partial charge >= 0.3 is 6.09 Å². The van der Waals surface area contributed by atoms with Crippen molar-refractivity contribution in [2.24, 2.45) is 5.73 Å². The Morgan fingerprint density at radius 3 is 2.30 bits per heavy atom. The zero-order valence-corrected chi connectivity index (χ0v) is 14.7. The third kappa shape index (κ3) is 3.67. The van der Waals surface area contributed by atoms with E-state index in [9.17, 15) is 13.2 Å². The maximum atomic E-state index is 12.2. The van der Waals surface area contributed by atoms with Gasteiger partial charge in [0.2, 0.25) is 0 Å². The number of alkyl carbamates (subject to hydrolysis) is 1. The lowest BCUT2D eigenvalue weighted by atomic mass is 10.1. The fraction of sp³-hybridized carbons (Fsp3) is 0.562. The van der Waals surface area contributed by atoms with E-state index < -0.39 is 32.3 Å². The second kappa shape index (κ2) is 5.79. The second-order valence-electron chi connectivity index (χ2n) is 7.01. The van der Waals surface area contributed by atoms with Gasteiger partial charge in [-0.3, -0.25) is 0 Å². The summed E-state index contributed by atoms with van der Waals surface area (Å²) in [5.74, 6) is -0.379. The molecule has 0 bridgehead atoms. The molecule has 1 aliphatic rings. The molecule has 0 radical (unpaired) electrons. The molecule has 1 aromatic rings. The van der Waals surface area contributed by atoms with E-state index in [1.165, 1.54) is 6.26 Å². The normalized spacial score (nSPS) is 27.3. The molecule has 2 rings (SSSR count). The molecule has 128 valence electrons. The fourth-order valence-electron chi connectivity index (χ4n) is 3.10. The lowest BCUT2D eigenvalue weighted by Crippen LogP contribution is -2.48. The van der Waals surface area contributed by atoms with Gasteiger partial charge in [-0.2, -0.15) is 0 Å². The van der Waals surface area contributed by atoms with Crippen LogP contribution in [0.25, 0.3) is 0 Å². The van der Waals surface area contributed by atoms with Crippen molar-refractivity contribution in [1.29, 1.82) is 0 Å². The molecule has 0 aliphatic heterocycles. The lowest BCUT2D eigenvalue weighted by molar-refractivity contribution is 0.0497. The van der Waals surface area contributed by atoms with E-state index in [-0.39, 0.29) is 12.5 Å². The number of carbonyl (C=O) groups excluding carboxylic acids is 1. The van der Waals surface area contributed by atoms with Crippen LogP contribution in [-0.4, -0.2) is 43.7 Å². The Hall–Kier alpha value is -1.60. The van der Waals surface area contributed by atoms with Crippen molar-refractivity contribution in [3.8, 4) is 0 Å². The largest absolute Gasteiger partial charge is 0.444 e. The molecular formula is C16H24N2O4S. The van der Waals surface area contributed by atoms with Gasteiger partial charge in [-0.1, -0.05) is 30.3 Å². The van der Waals surface area contributed by atoms with E-state index >= 15 is 0 Å². The van der Waals surface area contributed by atoms with Crippen molar-refractivity contribution in [2.75, 3.05) is 12.8 Å². The Morgan fingerprint density at radius 1 is 1.30 bits per heavy atom. The molecule has 0 aromatic heterocycles. The molecule has 23 heavy (non-hydrogen) atoms. The highest BCUT2D eigenvalue weighted by Crippen LogP contribution is 2.55. The zero-order chi connectivity index (χ0) is 17.5. The smallest absolute Gasteiger partial charge is 0.408 e. The fourth-order valence-corrected chi connectivity index (χ4v) is 4.98. The molecular weight excluding hydrogens is 316 g/mol.